The number of carbonyl (C=O) groups is 1. The normalized spacial score (nSPS) is 10.5. The van der Waals surface area contributed by atoms with E-state index in [0.29, 0.717) is 24.3 Å². The number of benzene rings is 3. The van der Waals surface area contributed by atoms with Crippen LogP contribution < -0.4 is 10.1 Å². The fourth-order valence-electron chi connectivity index (χ4n) is 2.72. The molecule has 1 N–H and O–H groups in total. The molecule has 23 heavy (non-hydrogen) atoms. The third-order valence-corrected chi connectivity index (χ3v) is 3.88. The van der Waals surface area contributed by atoms with Gasteiger partial charge in [-0.2, -0.15) is 0 Å². The summed E-state index contributed by atoms with van der Waals surface area (Å²) >= 11 is 0. The van der Waals surface area contributed by atoms with Crippen LogP contribution in [0.3, 0.4) is 0 Å². The first-order chi connectivity index (χ1) is 11.3. The van der Waals surface area contributed by atoms with Gasteiger partial charge < -0.3 is 10.1 Å². The molecular formula is C20H19NO2. The second-order valence-electron chi connectivity index (χ2n) is 5.39. The van der Waals surface area contributed by atoms with Crippen molar-refractivity contribution in [3.8, 4) is 5.75 Å². The monoisotopic (exact) mass is 305 g/mol. The third-order valence-electron chi connectivity index (χ3n) is 3.88. The number of carbonyl (C=O) groups excluding carboxylic acids is 1. The molecule has 3 heteroatoms. The van der Waals surface area contributed by atoms with Crippen molar-refractivity contribution < 1.29 is 9.53 Å². The Balaban J connectivity index is 1.69. The highest BCUT2D eigenvalue weighted by molar-refractivity contribution is 5.93. The fourth-order valence-corrected chi connectivity index (χ4v) is 2.72. The van der Waals surface area contributed by atoms with Crippen molar-refractivity contribution in [2.45, 2.75) is 12.8 Å². The van der Waals surface area contributed by atoms with Gasteiger partial charge in [0, 0.05) is 6.42 Å². The minimum atomic E-state index is -0.0116. The van der Waals surface area contributed by atoms with Crippen molar-refractivity contribution in [3.63, 3.8) is 0 Å². The summed E-state index contributed by atoms with van der Waals surface area (Å²) in [6.07, 6.45) is 1.15. The Kier molecular flexibility index (Phi) is 4.57. The number of anilines is 1. The highest BCUT2D eigenvalue weighted by Gasteiger charge is 2.08. The molecule has 0 fully saturated rings. The number of aryl methyl sites for hydroxylation is 1. The number of fused-ring (bicyclic) bond motifs is 1. The van der Waals surface area contributed by atoms with E-state index in [4.69, 9.17) is 4.74 Å². The van der Waals surface area contributed by atoms with Crippen LogP contribution in [0.25, 0.3) is 10.8 Å². The highest BCUT2D eigenvalue weighted by Crippen LogP contribution is 2.24. The van der Waals surface area contributed by atoms with Crippen LogP contribution in [-0.2, 0) is 11.2 Å². The summed E-state index contributed by atoms with van der Waals surface area (Å²) in [6, 6.07) is 21.9. The van der Waals surface area contributed by atoms with E-state index in [9.17, 15) is 4.79 Å². The van der Waals surface area contributed by atoms with Gasteiger partial charge in [0.2, 0.25) is 5.91 Å². The Morgan fingerprint density at radius 1 is 0.957 bits per heavy atom. The Bertz CT molecular complexity index is 821. The molecule has 0 bridgehead atoms. The topological polar surface area (TPSA) is 38.3 Å². The van der Waals surface area contributed by atoms with Crippen molar-refractivity contribution in [2.24, 2.45) is 0 Å². The SMILES string of the molecule is COc1ccccc1NC(=O)CCc1cccc2ccccc12. The molecule has 3 rings (SSSR count). The lowest BCUT2D eigenvalue weighted by Crippen LogP contribution is -2.13. The molecule has 3 aromatic rings. The number of para-hydroxylation sites is 2. The predicted octanol–water partition coefficient (Wildman–Crippen LogP) is 4.42. The molecule has 0 unspecified atom stereocenters. The molecule has 0 radical (unpaired) electrons. The number of hydrogen-bond donors (Lipinski definition) is 1. The largest absolute Gasteiger partial charge is 0.495 e. The lowest BCUT2D eigenvalue weighted by atomic mass is 10.0. The zero-order valence-electron chi connectivity index (χ0n) is 13.1. The zero-order valence-corrected chi connectivity index (χ0v) is 13.1. The van der Waals surface area contributed by atoms with Crippen LogP contribution >= 0.6 is 0 Å². The average Bonchev–Trinajstić information content (AvgIpc) is 2.60. The van der Waals surface area contributed by atoms with Crippen LogP contribution in [0.2, 0.25) is 0 Å². The molecule has 0 aliphatic rings. The summed E-state index contributed by atoms with van der Waals surface area (Å²) in [5, 5.41) is 5.33. The standard InChI is InChI=1S/C20H19NO2/c1-23-19-12-5-4-11-18(19)21-20(22)14-13-16-9-6-8-15-7-2-3-10-17(15)16/h2-12H,13-14H2,1H3,(H,21,22). The van der Waals surface area contributed by atoms with Crippen molar-refractivity contribution in [3.05, 3.63) is 72.3 Å². The van der Waals surface area contributed by atoms with Gasteiger partial charge in [0.1, 0.15) is 5.75 Å². The maximum atomic E-state index is 12.2. The summed E-state index contributed by atoms with van der Waals surface area (Å²) in [7, 11) is 1.60. The van der Waals surface area contributed by atoms with Crippen LogP contribution in [0.15, 0.2) is 66.7 Å². The average molecular weight is 305 g/mol. The molecule has 0 saturated carbocycles. The van der Waals surface area contributed by atoms with Gasteiger partial charge in [0.15, 0.2) is 0 Å². The quantitative estimate of drug-likeness (QED) is 0.758. The summed E-state index contributed by atoms with van der Waals surface area (Å²) < 4.78 is 5.25. The minimum absolute atomic E-state index is 0.0116. The summed E-state index contributed by atoms with van der Waals surface area (Å²) in [6.45, 7) is 0. The molecule has 0 spiro atoms. The summed E-state index contributed by atoms with van der Waals surface area (Å²) in [5.74, 6) is 0.661. The predicted molar refractivity (Wildman–Crippen MR) is 93.9 cm³/mol. The van der Waals surface area contributed by atoms with Gasteiger partial charge in [0.25, 0.3) is 0 Å². The van der Waals surface area contributed by atoms with Gasteiger partial charge >= 0.3 is 0 Å². The highest BCUT2D eigenvalue weighted by atomic mass is 16.5. The fraction of sp³-hybridized carbons (Fsp3) is 0.150. The molecule has 1 amide bonds. The van der Waals surface area contributed by atoms with Crippen molar-refractivity contribution >= 4 is 22.4 Å². The zero-order chi connectivity index (χ0) is 16.1. The lowest BCUT2D eigenvalue weighted by molar-refractivity contribution is -0.116. The molecule has 116 valence electrons. The van der Waals surface area contributed by atoms with Gasteiger partial charge in [-0.25, -0.2) is 0 Å². The second kappa shape index (κ2) is 6.97. The first kappa shape index (κ1) is 15.1. The number of amides is 1. The molecule has 0 aliphatic heterocycles. The molecule has 0 heterocycles. The minimum Gasteiger partial charge on any atom is -0.495 e. The van der Waals surface area contributed by atoms with Gasteiger partial charge in [0.05, 0.1) is 12.8 Å². The Morgan fingerprint density at radius 3 is 2.57 bits per heavy atom. The lowest BCUT2D eigenvalue weighted by Gasteiger charge is -2.10. The van der Waals surface area contributed by atoms with Crippen molar-refractivity contribution in [1.29, 1.82) is 0 Å². The Morgan fingerprint density at radius 2 is 1.70 bits per heavy atom. The van der Waals surface area contributed by atoms with Crippen molar-refractivity contribution in [2.75, 3.05) is 12.4 Å². The van der Waals surface area contributed by atoms with E-state index in [0.717, 1.165) is 0 Å². The molecular weight excluding hydrogens is 286 g/mol. The molecule has 0 aromatic heterocycles. The van der Waals surface area contributed by atoms with Crippen LogP contribution in [0.5, 0.6) is 5.75 Å². The second-order valence-corrected chi connectivity index (χ2v) is 5.39. The van der Waals surface area contributed by atoms with Crippen LogP contribution in [0, 0.1) is 0 Å². The van der Waals surface area contributed by atoms with Crippen LogP contribution in [-0.4, -0.2) is 13.0 Å². The van der Waals surface area contributed by atoms with E-state index in [2.05, 4.69) is 29.6 Å². The first-order valence-electron chi connectivity index (χ1n) is 7.67. The van der Waals surface area contributed by atoms with E-state index < -0.39 is 0 Å². The van der Waals surface area contributed by atoms with Gasteiger partial charge in [-0.05, 0) is 34.9 Å². The van der Waals surface area contributed by atoms with E-state index >= 15 is 0 Å². The van der Waals surface area contributed by atoms with Gasteiger partial charge in [-0.3, -0.25) is 4.79 Å². The van der Waals surface area contributed by atoms with Crippen LogP contribution in [0.1, 0.15) is 12.0 Å². The summed E-state index contributed by atoms with van der Waals surface area (Å²) in [4.78, 5) is 12.2. The number of hydrogen-bond acceptors (Lipinski definition) is 2. The number of ether oxygens (including phenoxy) is 1. The summed E-state index contributed by atoms with van der Waals surface area (Å²) in [5.41, 5.74) is 1.90. The first-order valence-corrected chi connectivity index (χ1v) is 7.67. The third kappa shape index (κ3) is 3.51. The molecule has 0 saturated heterocycles. The smallest absolute Gasteiger partial charge is 0.224 e. The number of nitrogens with one attached hydrogen (secondary N) is 1. The van der Waals surface area contributed by atoms with E-state index in [1.165, 1.54) is 16.3 Å². The van der Waals surface area contributed by atoms with Gasteiger partial charge in [-0.1, -0.05) is 54.6 Å². The molecule has 3 aromatic carbocycles. The maximum absolute atomic E-state index is 12.2. The van der Waals surface area contributed by atoms with Crippen molar-refractivity contribution in [1.82, 2.24) is 0 Å². The molecule has 3 nitrogen and oxygen atoms in total. The van der Waals surface area contributed by atoms with E-state index in [-0.39, 0.29) is 5.91 Å². The van der Waals surface area contributed by atoms with E-state index in [1.807, 2.05) is 42.5 Å². The number of rotatable bonds is 5. The molecule has 0 aliphatic carbocycles. The van der Waals surface area contributed by atoms with Crippen LogP contribution in [0.4, 0.5) is 5.69 Å². The Hall–Kier alpha value is -2.81. The van der Waals surface area contributed by atoms with E-state index in [1.54, 1.807) is 7.11 Å². The molecule has 0 atom stereocenters. The Labute approximate surface area is 135 Å². The van der Waals surface area contributed by atoms with Gasteiger partial charge in [-0.15, -0.1) is 0 Å². The maximum Gasteiger partial charge on any atom is 0.224 e. The number of methoxy groups -OCH3 is 1.